The van der Waals surface area contributed by atoms with E-state index in [-0.39, 0.29) is 12.5 Å². The number of methoxy groups -OCH3 is 1. The molecule has 1 aromatic heterocycles. The minimum absolute atomic E-state index is 0.0961. The van der Waals surface area contributed by atoms with E-state index in [1.807, 2.05) is 24.3 Å². The fourth-order valence-corrected chi connectivity index (χ4v) is 3.02. The van der Waals surface area contributed by atoms with Crippen LogP contribution in [-0.4, -0.2) is 62.2 Å². The van der Waals surface area contributed by atoms with Crippen molar-refractivity contribution in [2.75, 3.05) is 56.7 Å². The first-order valence-corrected chi connectivity index (χ1v) is 9.18. The number of pyridine rings is 1. The van der Waals surface area contributed by atoms with E-state index in [9.17, 15) is 4.79 Å². The number of aromatic nitrogens is 1. The van der Waals surface area contributed by atoms with Crippen LogP contribution in [0.15, 0.2) is 42.6 Å². The van der Waals surface area contributed by atoms with Crippen molar-refractivity contribution in [3.63, 3.8) is 0 Å². The van der Waals surface area contributed by atoms with E-state index in [1.165, 1.54) is 0 Å². The van der Waals surface area contributed by atoms with Crippen molar-refractivity contribution < 1.29 is 14.3 Å². The number of benzene rings is 1. The third-order valence-corrected chi connectivity index (χ3v) is 4.60. The summed E-state index contributed by atoms with van der Waals surface area (Å²) in [6.07, 6.45) is 1.68. The molecule has 0 bridgehead atoms. The minimum atomic E-state index is -0.244. The fraction of sp³-hybridized carbons (Fsp3) is 0.400. The SMILES string of the molecule is CCN1CCN(c2ccc(NC(=O)COc3ccccc3OC)cn2)CC1. The van der Waals surface area contributed by atoms with Crippen LogP contribution in [0, 0.1) is 0 Å². The number of para-hydroxylation sites is 2. The number of likely N-dealkylation sites (N-methyl/N-ethyl adjacent to an activating group) is 1. The summed E-state index contributed by atoms with van der Waals surface area (Å²) in [5.74, 6) is 1.83. The van der Waals surface area contributed by atoms with Gasteiger partial charge in [0.1, 0.15) is 5.82 Å². The maximum absolute atomic E-state index is 12.1. The van der Waals surface area contributed by atoms with E-state index in [0.29, 0.717) is 17.2 Å². The Hall–Kier alpha value is -2.80. The number of nitrogens with zero attached hydrogens (tertiary/aromatic N) is 3. The second kappa shape index (κ2) is 9.23. The van der Waals surface area contributed by atoms with Crippen molar-refractivity contribution in [3.8, 4) is 11.5 Å². The van der Waals surface area contributed by atoms with Crippen LogP contribution in [0.25, 0.3) is 0 Å². The Morgan fingerprint density at radius 2 is 1.85 bits per heavy atom. The molecule has 1 amide bonds. The Kier molecular flexibility index (Phi) is 6.49. The Morgan fingerprint density at radius 3 is 2.48 bits per heavy atom. The van der Waals surface area contributed by atoms with E-state index < -0.39 is 0 Å². The second-order valence-electron chi connectivity index (χ2n) is 6.31. The van der Waals surface area contributed by atoms with Gasteiger partial charge >= 0.3 is 0 Å². The van der Waals surface area contributed by atoms with E-state index in [2.05, 4.69) is 27.0 Å². The molecule has 7 heteroatoms. The summed E-state index contributed by atoms with van der Waals surface area (Å²) in [5, 5.41) is 2.80. The number of amides is 1. The molecule has 0 spiro atoms. The number of hydrogen-bond acceptors (Lipinski definition) is 6. The summed E-state index contributed by atoms with van der Waals surface area (Å²) >= 11 is 0. The lowest BCUT2D eigenvalue weighted by Gasteiger charge is -2.34. The van der Waals surface area contributed by atoms with Crippen LogP contribution in [0.2, 0.25) is 0 Å². The molecule has 1 aliphatic heterocycles. The Labute approximate surface area is 159 Å². The van der Waals surface area contributed by atoms with Crippen LogP contribution in [0.5, 0.6) is 11.5 Å². The number of hydrogen-bond donors (Lipinski definition) is 1. The standard InChI is InChI=1S/C20H26N4O3/c1-3-23-10-12-24(13-11-23)19-9-8-16(14-21-19)22-20(25)15-27-18-7-5-4-6-17(18)26-2/h4-9,14H,3,10-13,15H2,1-2H3,(H,22,25). The van der Waals surface area contributed by atoms with Gasteiger partial charge in [-0.2, -0.15) is 0 Å². The van der Waals surface area contributed by atoms with Gasteiger partial charge in [-0.15, -0.1) is 0 Å². The zero-order chi connectivity index (χ0) is 19.1. The number of rotatable bonds is 7. The molecule has 0 aliphatic carbocycles. The van der Waals surface area contributed by atoms with Gasteiger partial charge in [-0.3, -0.25) is 4.79 Å². The highest BCUT2D eigenvalue weighted by atomic mass is 16.5. The third-order valence-electron chi connectivity index (χ3n) is 4.60. The van der Waals surface area contributed by atoms with Gasteiger partial charge in [0.2, 0.25) is 0 Å². The quantitative estimate of drug-likeness (QED) is 0.806. The normalized spacial score (nSPS) is 14.7. The number of piperazine rings is 1. The highest BCUT2D eigenvalue weighted by molar-refractivity contribution is 5.91. The summed E-state index contributed by atoms with van der Waals surface area (Å²) < 4.78 is 10.7. The van der Waals surface area contributed by atoms with Gasteiger partial charge < -0.3 is 24.6 Å². The number of carbonyl (C=O) groups is 1. The molecule has 1 fully saturated rings. The average molecular weight is 370 g/mol. The molecule has 27 heavy (non-hydrogen) atoms. The van der Waals surface area contributed by atoms with Gasteiger partial charge in [0.15, 0.2) is 18.1 Å². The molecule has 0 radical (unpaired) electrons. The zero-order valence-electron chi connectivity index (χ0n) is 15.9. The van der Waals surface area contributed by atoms with Crippen LogP contribution < -0.4 is 19.7 Å². The summed E-state index contributed by atoms with van der Waals surface area (Å²) in [6, 6.07) is 11.0. The van der Waals surface area contributed by atoms with Crippen LogP contribution in [0.4, 0.5) is 11.5 Å². The number of anilines is 2. The second-order valence-corrected chi connectivity index (χ2v) is 6.31. The van der Waals surface area contributed by atoms with E-state index in [1.54, 1.807) is 25.4 Å². The van der Waals surface area contributed by atoms with Gasteiger partial charge in [0.05, 0.1) is 19.0 Å². The maximum Gasteiger partial charge on any atom is 0.262 e. The average Bonchev–Trinajstić information content (AvgIpc) is 2.73. The molecule has 2 aromatic rings. The number of ether oxygens (including phenoxy) is 2. The van der Waals surface area contributed by atoms with Crippen LogP contribution in [0.1, 0.15) is 6.92 Å². The molecular formula is C20H26N4O3. The van der Waals surface area contributed by atoms with Crippen molar-refractivity contribution in [2.45, 2.75) is 6.92 Å². The van der Waals surface area contributed by atoms with Crippen molar-refractivity contribution >= 4 is 17.4 Å². The minimum Gasteiger partial charge on any atom is -0.493 e. The van der Waals surface area contributed by atoms with Crippen molar-refractivity contribution in [1.82, 2.24) is 9.88 Å². The summed E-state index contributed by atoms with van der Waals surface area (Å²) in [6.45, 7) is 7.22. The Morgan fingerprint density at radius 1 is 1.11 bits per heavy atom. The van der Waals surface area contributed by atoms with Crippen LogP contribution >= 0.6 is 0 Å². The van der Waals surface area contributed by atoms with Crippen LogP contribution in [-0.2, 0) is 4.79 Å². The lowest BCUT2D eigenvalue weighted by Crippen LogP contribution is -2.46. The van der Waals surface area contributed by atoms with Gasteiger partial charge in [0, 0.05) is 26.2 Å². The van der Waals surface area contributed by atoms with Crippen LogP contribution in [0.3, 0.4) is 0 Å². The van der Waals surface area contributed by atoms with E-state index in [4.69, 9.17) is 9.47 Å². The first kappa shape index (κ1) is 19.0. The zero-order valence-corrected chi connectivity index (χ0v) is 15.9. The van der Waals surface area contributed by atoms with Gasteiger partial charge in [-0.25, -0.2) is 4.98 Å². The highest BCUT2D eigenvalue weighted by Crippen LogP contribution is 2.25. The third kappa shape index (κ3) is 5.10. The molecule has 1 aliphatic rings. The lowest BCUT2D eigenvalue weighted by molar-refractivity contribution is -0.118. The molecule has 1 N–H and O–H groups in total. The summed E-state index contributed by atoms with van der Waals surface area (Å²) in [4.78, 5) is 21.3. The molecule has 7 nitrogen and oxygen atoms in total. The first-order valence-electron chi connectivity index (χ1n) is 9.18. The largest absolute Gasteiger partial charge is 0.493 e. The Balaban J connectivity index is 1.50. The molecule has 0 atom stereocenters. The predicted octanol–water partition coefficient (Wildman–Crippen LogP) is 2.25. The van der Waals surface area contributed by atoms with Gasteiger partial charge in [-0.05, 0) is 30.8 Å². The molecule has 144 valence electrons. The Bertz CT molecular complexity index is 743. The molecule has 3 rings (SSSR count). The van der Waals surface area contributed by atoms with E-state index >= 15 is 0 Å². The lowest BCUT2D eigenvalue weighted by atomic mass is 10.3. The molecule has 1 aromatic carbocycles. The number of nitrogens with one attached hydrogen (secondary N) is 1. The maximum atomic E-state index is 12.1. The first-order chi connectivity index (χ1) is 13.2. The van der Waals surface area contributed by atoms with E-state index in [0.717, 1.165) is 38.5 Å². The summed E-state index contributed by atoms with van der Waals surface area (Å²) in [7, 11) is 1.57. The van der Waals surface area contributed by atoms with Gasteiger partial charge in [0.25, 0.3) is 5.91 Å². The molecule has 0 saturated carbocycles. The smallest absolute Gasteiger partial charge is 0.262 e. The number of carbonyl (C=O) groups excluding carboxylic acids is 1. The summed E-state index contributed by atoms with van der Waals surface area (Å²) in [5.41, 5.74) is 0.652. The highest BCUT2D eigenvalue weighted by Gasteiger charge is 2.16. The fourth-order valence-electron chi connectivity index (χ4n) is 3.02. The molecule has 0 unspecified atom stereocenters. The molecule has 2 heterocycles. The molecular weight excluding hydrogens is 344 g/mol. The topological polar surface area (TPSA) is 66.9 Å². The predicted molar refractivity (Wildman–Crippen MR) is 106 cm³/mol. The van der Waals surface area contributed by atoms with Crippen molar-refractivity contribution in [1.29, 1.82) is 0 Å². The van der Waals surface area contributed by atoms with Crippen molar-refractivity contribution in [3.05, 3.63) is 42.6 Å². The monoisotopic (exact) mass is 370 g/mol. The molecule has 1 saturated heterocycles. The van der Waals surface area contributed by atoms with Gasteiger partial charge in [-0.1, -0.05) is 19.1 Å². The van der Waals surface area contributed by atoms with Crippen molar-refractivity contribution in [2.24, 2.45) is 0 Å².